The van der Waals surface area contributed by atoms with Crippen molar-refractivity contribution >= 4 is 0 Å². The lowest BCUT2D eigenvalue weighted by Crippen LogP contribution is -2.35. The lowest BCUT2D eigenvalue weighted by atomic mass is 9.88. The number of aliphatic hydroxyl groups is 1. The highest BCUT2D eigenvalue weighted by molar-refractivity contribution is 5.51. The molecule has 5 aliphatic rings. The van der Waals surface area contributed by atoms with Crippen molar-refractivity contribution in [2.45, 2.75) is 57.0 Å². The predicted molar refractivity (Wildman–Crippen MR) is 190 cm³/mol. The Kier molecular flexibility index (Phi) is 11.7. The van der Waals surface area contributed by atoms with Gasteiger partial charge in [-0.05, 0) is 118 Å². The highest BCUT2D eigenvalue weighted by Gasteiger charge is 2.30. The van der Waals surface area contributed by atoms with Crippen LogP contribution in [0.1, 0.15) is 54.8 Å². The number of rotatable bonds is 3. The maximum absolute atomic E-state index is 10.9. The van der Waals surface area contributed by atoms with Gasteiger partial charge in [0.1, 0.15) is 5.75 Å². The summed E-state index contributed by atoms with van der Waals surface area (Å²) in [5.74, 6) is 4.60. The largest absolute Gasteiger partial charge is 0.504 e. The Morgan fingerprint density at radius 1 is 0.854 bits per heavy atom. The molecule has 2 unspecified atom stereocenters. The maximum Gasteiger partial charge on any atom is 0.199 e. The van der Waals surface area contributed by atoms with Gasteiger partial charge in [-0.25, -0.2) is 0 Å². The Bertz CT molecular complexity index is 1600. The minimum Gasteiger partial charge on any atom is -0.504 e. The molecule has 4 heterocycles. The van der Waals surface area contributed by atoms with Gasteiger partial charge in [0.25, 0.3) is 0 Å². The molecule has 1 N–H and O–H groups in total. The third kappa shape index (κ3) is 7.83. The zero-order valence-corrected chi connectivity index (χ0v) is 29.1. The van der Waals surface area contributed by atoms with Crippen LogP contribution < -0.4 is 14.2 Å². The molecule has 0 fully saturated rings. The number of likely N-dealkylation sites (N-methyl/N-ethyl adjacent to an activating group) is 1. The van der Waals surface area contributed by atoms with Gasteiger partial charge in [-0.3, -0.25) is 4.90 Å². The maximum atomic E-state index is 10.9. The molecule has 0 radical (unpaired) electrons. The van der Waals surface area contributed by atoms with Crippen molar-refractivity contribution in [3.05, 3.63) is 125 Å². The molecular weight excluding hydrogens is 604 g/mol. The molecule has 2 atom stereocenters. The molecule has 0 aromatic heterocycles. The number of ether oxygens (including phenoxy) is 5. The van der Waals surface area contributed by atoms with Gasteiger partial charge < -0.3 is 33.7 Å². The van der Waals surface area contributed by atoms with E-state index in [1.165, 1.54) is 22.3 Å². The van der Waals surface area contributed by atoms with Crippen molar-refractivity contribution in [2.75, 3.05) is 48.5 Å². The van der Waals surface area contributed by atoms with Crippen molar-refractivity contribution in [3.8, 4) is 17.2 Å². The highest BCUT2D eigenvalue weighted by Crippen LogP contribution is 2.41. The number of hydrogen-bond donors (Lipinski definition) is 1. The van der Waals surface area contributed by atoms with Crippen LogP contribution in [0.2, 0.25) is 0 Å². The smallest absolute Gasteiger partial charge is 0.199 e. The average Bonchev–Trinajstić information content (AvgIpc) is 3.27. The second-order valence-corrected chi connectivity index (χ2v) is 12.6. The number of hydrogen-bond acceptors (Lipinski definition) is 8. The number of benzene rings is 2. The summed E-state index contributed by atoms with van der Waals surface area (Å²) >= 11 is 0. The predicted octanol–water partition coefficient (Wildman–Crippen LogP) is 7.96. The molecule has 256 valence electrons. The van der Waals surface area contributed by atoms with Crippen LogP contribution in [-0.2, 0) is 22.3 Å². The summed E-state index contributed by atoms with van der Waals surface area (Å²) in [7, 11) is 9.41. The third-order valence-electron chi connectivity index (χ3n) is 9.63. The molecule has 8 heteroatoms. The van der Waals surface area contributed by atoms with Crippen LogP contribution in [0.25, 0.3) is 0 Å². The van der Waals surface area contributed by atoms with E-state index in [-0.39, 0.29) is 17.8 Å². The monoisotopic (exact) mass is 654 g/mol. The van der Waals surface area contributed by atoms with E-state index in [0.29, 0.717) is 53.1 Å². The first-order valence-corrected chi connectivity index (χ1v) is 16.7. The first kappa shape index (κ1) is 34.9. The van der Waals surface area contributed by atoms with Crippen LogP contribution in [0.5, 0.6) is 17.2 Å². The van der Waals surface area contributed by atoms with Crippen LogP contribution in [0, 0.1) is 0 Å². The molecule has 4 aliphatic heterocycles. The van der Waals surface area contributed by atoms with E-state index < -0.39 is 0 Å². The van der Waals surface area contributed by atoms with Gasteiger partial charge >= 0.3 is 0 Å². The molecular formula is C40H50N2O6. The molecule has 0 amide bonds. The van der Waals surface area contributed by atoms with Gasteiger partial charge in [-0.1, -0.05) is 23.8 Å². The molecule has 0 saturated carbocycles. The quantitative estimate of drug-likeness (QED) is 0.335. The Morgan fingerprint density at radius 2 is 1.65 bits per heavy atom. The summed E-state index contributed by atoms with van der Waals surface area (Å²) in [6.07, 6.45) is 13.4. The van der Waals surface area contributed by atoms with E-state index in [2.05, 4.69) is 67.4 Å². The topological polar surface area (TPSA) is 72.9 Å². The lowest BCUT2D eigenvalue weighted by molar-refractivity contribution is 0.176. The molecule has 2 aromatic rings. The van der Waals surface area contributed by atoms with Crippen molar-refractivity contribution in [3.63, 3.8) is 0 Å². The fraction of sp³-hybridized carbons (Fsp3) is 0.400. The van der Waals surface area contributed by atoms with E-state index in [4.69, 9.17) is 23.7 Å². The summed E-state index contributed by atoms with van der Waals surface area (Å²) in [5.41, 5.74) is 4.89. The number of methoxy groups -OCH3 is 3. The van der Waals surface area contributed by atoms with Crippen molar-refractivity contribution < 1.29 is 28.8 Å². The molecule has 7 rings (SSSR count). The Morgan fingerprint density at radius 3 is 2.38 bits per heavy atom. The van der Waals surface area contributed by atoms with Gasteiger partial charge in [0, 0.05) is 25.0 Å². The average molecular weight is 655 g/mol. The molecule has 0 spiro atoms. The van der Waals surface area contributed by atoms with Crippen LogP contribution in [0.3, 0.4) is 0 Å². The second kappa shape index (κ2) is 16.1. The molecule has 0 saturated heterocycles. The van der Waals surface area contributed by atoms with E-state index in [0.717, 1.165) is 45.2 Å². The van der Waals surface area contributed by atoms with Crippen molar-refractivity contribution in [2.24, 2.45) is 0 Å². The van der Waals surface area contributed by atoms with Crippen LogP contribution in [-0.4, -0.2) is 69.5 Å². The highest BCUT2D eigenvalue weighted by atomic mass is 16.5. The number of aliphatic hydroxyl groups excluding tert-OH is 1. The number of allylic oxidation sites excluding steroid dienone is 4. The number of fused-ring (bicyclic) bond motifs is 2. The first-order valence-electron chi connectivity index (χ1n) is 16.7. The Balaban J connectivity index is 0.00000221. The van der Waals surface area contributed by atoms with Crippen LogP contribution in [0.15, 0.2) is 108 Å². The summed E-state index contributed by atoms with van der Waals surface area (Å²) in [6, 6.07) is 12.8. The fourth-order valence-electron chi connectivity index (χ4n) is 6.89. The SMILES string of the molecule is C=C.COC1=C2/CC(CC3=CC=C(O)C(=CC3)Oc3ccc(cc3)CC3c4cc(c(OC)cc4CCN3C)O2)N(C)CCC/C=C\1OC. The van der Waals surface area contributed by atoms with Crippen LogP contribution >= 0.6 is 0 Å². The minimum absolute atomic E-state index is 0.0887. The zero-order chi connectivity index (χ0) is 34.2. The molecule has 48 heavy (non-hydrogen) atoms. The molecule has 1 aliphatic carbocycles. The van der Waals surface area contributed by atoms with E-state index in [9.17, 15) is 5.11 Å². The van der Waals surface area contributed by atoms with Gasteiger partial charge in [-0.15, -0.1) is 13.2 Å². The number of nitrogens with zero attached hydrogens (tertiary/aromatic N) is 2. The lowest BCUT2D eigenvalue weighted by Gasteiger charge is -2.35. The van der Waals surface area contributed by atoms with Gasteiger partial charge in [-0.2, -0.15) is 0 Å². The van der Waals surface area contributed by atoms with Gasteiger partial charge in [0.15, 0.2) is 40.3 Å². The Hall–Kier alpha value is -4.40. The normalized spacial score (nSPS) is 24.5. The van der Waals surface area contributed by atoms with E-state index in [1.54, 1.807) is 27.4 Å². The fourth-order valence-corrected chi connectivity index (χ4v) is 6.89. The third-order valence-corrected chi connectivity index (χ3v) is 9.63. The first-order chi connectivity index (χ1) is 23.4. The standard InChI is InChI=1S/C38H46N2O6.C2H4/c1-39-18-7-6-8-34(42-3)38(44-5)37-23-28(39)20-25-11-15-32(41)33(16-12-25)45-29-13-9-26(10-14-29)21-31-30-24-36(46-37)35(43-4)22-27(30)17-19-40(31)2;1-2/h8-11,13-16,22,24,28,31,41H,6-7,12,17-21,23H2,1-5H3;1-2H2/b34-8+,38-37-;. The Labute approximate surface area is 285 Å². The minimum atomic E-state index is 0.0887. The van der Waals surface area contributed by atoms with E-state index in [1.807, 2.05) is 24.3 Å². The molecule has 8 bridgehead atoms. The van der Waals surface area contributed by atoms with Crippen molar-refractivity contribution in [1.82, 2.24) is 9.80 Å². The zero-order valence-electron chi connectivity index (χ0n) is 29.1. The molecule has 8 nitrogen and oxygen atoms in total. The summed E-state index contributed by atoms with van der Waals surface area (Å²) < 4.78 is 31.0. The molecule has 2 aromatic carbocycles. The van der Waals surface area contributed by atoms with Crippen molar-refractivity contribution in [1.29, 1.82) is 0 Å². The summed E-state index contributed by atoms with van der Waals surface area (Å²) in [6.45, 7) is 7.87. The summed E-state index contributed by atoms with van der Waals surface area (Å²) in [4.78, 5) is 4.81. The summed E-state index contributed by atoms with van der Waals surface area (Å²) in [5, 5.41) is 10.9. The van der Waals surface area contributed by atoms with Gasteiger partial charge in [0.2, 0.25) is 0 Å². The van der Waals surface area contributed by atoms with E-state index >= 15 is 0 Å². The van der Waals surface area contributed by atoms with Crippen LogP contribution in [0.4, 0.5) is 0 Å². The second-order valence-electron chi connectivity index (χ2n) is 12.6. The van der Waals surface area contributed by atoms with Gasteiger partial charge in [0.05, 0.1) is 21.3 Å².